The number of nitrogens with zero attached hydrogens (tertiary/aromatic N) is 1. The Bertz CT molecular complexity index is 1360. The molecule has 37 heavy (non-hydrogen) atoms. The van der Waals surface area contributed by atoms with E-state index in [4.69, 9.17) is 18.9 Å². The number of ether oxygens (including phenoxy) is 4. The molecule has 1 atom stereocenters. The van der Waals surface area contributed by atoms with Gasteiger partial charge in [0.1, 0.15) is 17.2 Å². The molecule has 0 saturated carbocycles. The van der Waals surface area contributed by atoms with Crippen molar-refractivity contribution in [1.82, 2.24) is 0 Å². The fraction of sp³-hybridized carbons (Fsp3) is 0.231. The van der Waals surface area contributed by atoms with E-state index in [1.165, 1.54) is 36.3 Å². The molecule has 0 unspecified atom stereocenters. The van der Waals surface area contributed by atoms with Gasteiger partial charge in [0.15, 0.2) is 6.61 Å². The Balaban J connectivity index is 1.39. The first-order chi connectivity index (χ1) is 17.8. The number of sulfonamides is 1. The van der Waals surface area contributed by atoms with Gasteiger partial charge in [-0.25, -0.2) is 13.2 Å². The minimum Gasteiger partial charge on any atom is -0.494 e. The largest absolute Gasteiger partial charge is 0.494 e. The van der Waals surface area contributed by atoms with Crippen LogP contribution in [0.4, 0.5) is 11.4 Å². The van der Waals surface area contributed by atoms with Gasteiger partial charge < -0.3 is 23.8 Å². The Morgan fingerprint density at radius 2 is 1.62 bits per heavy atom. The number of amides is 1. The van der Waals surface area contributed by atoms with Crippen molar-refractivity contribution in [2.45, 2.75) is 17.9 Å². The molecule has 4 rings (SSSR count). The molecule has 1 N–H and O–H groups in total. The topological polar surface area (TPSA) is 120 Å². The number of benzene rings is 3. The molecule has 1 heterocycles. The van der Waals surface area contributed by atoms with Crippen molar-refractivity contribution in [1.29, 1.82) is 0 Å². The van der Waals surface area contributed by atoms with E-state index >= 15 is 0 Å². The van der Waals surface area contributed by atoms with Crippen LogP contribution in [0.3, 0.4) is 0 Å². The molecule has 1 aliphatic rings. The van der Waals surface area contributed by atoms with Crippen LogP contribution in [-0.4, -0.2) is 53.3 Å². The van der Waals surface area contributed by atoms with Gasteiger partial charge in [0.2, 0.25) is 6.10 Å². The fourth-order valence-corrected chi connectivity index (χ4v) is 4.72. The van der Waals surface area contributed by atoms with Gasteiger partial charge in [0.05, 0.1) is 30.8 Å². The van der Waals surface area contributed by atoms with Gasteiger partial charge in [0.25, 0.3) is 15.9 Å². The first kappa shape index (κ1) is 25.8. The van der Waals surface area contributed by atoms with Gasteiger partial charge in [-0.1, -0.05) is 12.1 Å². The minimum absolute atomic E-state index is 0.0275. The Hall–Kier alpha value is -4.25. The quantitative estimate of drug-likeness (QED) is 0.422. The molecule has 0 spiro atoms. The van der Waals surface area contributed by atoms with Crippen molar-refractivity contribution in [2.24, 2.45) is 0 Å². The van der Waals surface area contributed by atoms with E-state index in [1.807, 2.05) is 6.92 Å². The summed E-state index contributed by atoms with van der Waals surface area (Å²) in [6.07, 6.45) is -0.962. The second-order valence-corrected chi connectivity index (χ2v) is 9.61. The highest BCUT2D eigenvalue weighted by molar-refractivity contribution is 7.92. The molecule has 0 radical (unpaired) electrons. The summed E-state index contributed by atoms with van der Waals surface area (Å²) in [5.41, 5.74) is 0.906. The monoisotopic (exact) mass is 526 g/mol. The van der Waals surface area contributed by atoms with E-state index in [1.54, 1.807) is 48.5 Å². The van der Waals surface area contributed by atoms with Crippen LogP contribution in [-0.2, 0) is 24.3 Å². The van der Waals surface area contributed by atoms with Crippen LogP contribution < -0.4 is 23.8 Å². The van der Waals surface area contributed by atoms with Crippen molar-refractivity contribution in [3.05, 3.63) is 72.8 Å². The van der Waals surface area contributed by atoms with E-state index in [2.05, 4.69) is 4.72 Å². The lowest BCUT2D eigenvalue weighted by molar-refractivity contribution is -0.148. The summed E-state index contributed by atoms with van der Waals surface area (Å²) in [6, 6.07) is 19.1. The van der Waals surface area contributed by atoms with Gasteiger partial charge in [-0.05, 0) is 67.6 Å². The summed E-state index contributed by atoms with van der Waals surface area (Å²) in [7, 11) is -2.58. The van der Waals surface area contributed by atoms with Crippen molar-refractivity contribution in [3.8, 4) is 17.2 Å². The zero-order valence-electron chi connectivity index (χ0n) is 20.2. The van der Waals surface area contributed by atoms with Gasteiger partial charge in [-0.3, -0.25) is 9.52 Å². The molecule has 194 valence electrons. The molecule has 0 fully saturated rings. The normalized spacial score (nSPS) is 14.6. The number of anilines is 2. The third-order valence-corrected chi connectivity index (χ3v) is 6.85. The molecule has 0 aromatic heterocycles. The summed E-state index contributed by atoms with van der Waals surface area (Å²) in [5.74, 6) is 0.330. The van der Waals surface area contributed by atoms with Crippen LogP contribution in [0, 0.1) is 0 Å². The Labute approximate surface area is 214 Å². The van der Waals surface area contributed by atoms with Gasteiger partial charge >= 0.3 is 5.97 Å². The molecule has 0 aliphatic carbocycles. The summed E-state index contributed by atoms with van der Waals surface area (Å²) in [6.45, 7) is 2.01. The second-order valence-electron chi connectivity index (χ2n) is 7.92. The van der Waals surface area contributed by atoms with E-state index in [0.717, 1.165) is 0 Å². The smallest absolute Gasteiger partial charge is 0.348 e. The molecular formula is C26H26N2O8S. The number of carbonyl (C=O) groups is 2. The Morgan fingerprint density at radius 3 is 2.30 bits per heavy atom. The number of nitrogens with one attached hydrogen (secondary N) is 1. The average molecular weight is 527 g/mol. The maximum atomic E-state index is 13.0. The fourth-order valence-electron chi connectivity index (χ4n) is 3.66. The molecule has 10 nitrogen and oxygen atoms in total. The molecule has 1 amide bonds. The summed E-state index contributed by atoms with van der Waals surface area (Å²) in [5, 5.41) is 0. The van der Waals surface area contributed by atoms with Crippen LogP contribution >= 0.6 is 0 Å². The van der Waals surface area contributed by atoms with Crippen molar-refractivity contribution in [2.75, 3.05) is 36.5 Å². The highest BCUT2D eigenvalue weighted by Crippen LogP contribution is 2.33. The number of rotatable bonds is 9. The summed E-state index contributed by atoms with van der Waals surface area (Å²) >= 11 is 0. The van der Waals surface area contributed by atoms with Gasteiger partial charge in [-0.15, -0.1) is 0 Å². The van der Waals surface area contributed by atoms with Gasteiger partial charge in [0, 0.05) is 5.69 Å². The summed E-state index contributed by atoms with van der Waals surface area (Å²) < 4.78 is 49.3. The number of fused-ring (bicyclic) bond motifs is 1. The third-order valence-electron chi connectivity index (χ3n) is 5.45. The third kappa shape index (κ3) is 6.12. The predicted octanol–water partition coefficient (Wildman–Crippen LogP) is 3.23. The highest BCUT2D eigenvalue weighted by Gasteiger charge is 2.34. The number of carbonyl (C=O) groups excluding carboxylic acids is 2. The number of hydrogen-bond donors (Lipinski definition) is 1. The molecule has 11 heteroatoms. The maximum absolute atomic E-state index is 13.0. The van der Waals surface area contributed by atoms with E-state index < -0.39 is 28.0 Å². The molecule has 3 aromatic rings. The van der Waals surface area contributed by atoms with Crippen LogP contribution in [0.25, 0.3) is 0 Å². The number of methoxy groups -OCH3 is 1. The number of para-hydroxylation sites is 2. The summed E-state index contributed by atoms with van der Waals surface area (Å²) in [4.78, 5) is 26.4. The van der Waals surface area contributed by atoms with Crippen LogP contribution in [0.15, 0.2) is 77.7 Å². The van der Waals surface area contributed by atoms with E-state index in [-0.39, 0.29) is 18.0 Å². The number of hydrogen-bond acceptors (Lipinski definition) is 8. The maximum Gasteiger partial charge on any atom is 0.348 e. The minimum atomic E-state index is -3.83. The first-order valence-electron chi connectivity index (χ1n) is 11.4. The van der Waals surface area contributed by atoms with Crippen molar-refractivity contribution >= 4 is 33.3 Å². The van der Waals surface area contributed by atoms with Crippen LogP contribution in [0.1, 0.15) is 6.92 Å². The van der Waals surface area contributed by atoms with Crippen molar-refractivity contribution < 1.29 is 37.0 Å². The van der Waals surface area contributed by atoms with E-state index in [9.17, 15) is 18.0 Å². The molecular weight excluding hydrogens is 500 g/mol. The predicted molar refractivity (Wildman–Crippen MR) is 136 cm³/mol. The Kier molecular flexibility index (Phi) is 7.83. The lowest BCUT2D eigenvalue weighted by Crippen LogP contribution is -2.48. The Morgan fingerprint density at radius 1 is 0.973 bits per heavy atom. The molecule has 0 bridgehead atoms. The SMILES string of the molecule is CCOc1ccc(NS(=O)(=O)c2ccc(OCC(=O)N3C[C@H](C(=O)OC)Oc4ccccc43)cc2)cc1. The molecule has 1 aliphatic heterocycles. The zero-order chi connectivity index (χ0) is 26.4. The standard InChI is InChI=1S/C26H26N2O8S/c1-3-34-19-10-8-18(9-11-19)27-37(31,32)21-14-12-20(13-15-21)35-17-25(29)28-16-24(26(30)33-2)36-23-7-5-4-6-22(23)28/h4-15,24,27H,3,16-17H2,1-2H3/t24-/m1/s1. The van der Waals surface area contributed by atoms with Crippen molar-refractivity contribution in [3.63, 3.8) is 0 Å². The zero-order valence-corrected chi connectivity index (χ0v) is 21.1. The lowest BCUT2D eigenvalue weighted by atomic mass is 10.2. The average Bonchev–Trinajstić information content (AvgIpc) is 2.92. The van der Waals surface area contributed by atoms with Crippen LogP contribution in [0.5, 0.6) is 17.2 Å². The molecule has 3 aromatic carbocycles. The highest BCUT2D eigenvalue weighted by atomic mass is 32.2. The van der Waals surface area contributed by atoms with Gasteiger partial charge in [-0.2, -0.15) is 0 Å². The first-order valence-corrected chi connectivity index (χ1v) is 12.9. The lowest BCUT2D eigenvalue weighted by Gasteiger charge is -2.33. The van der Waals surface area contributed by atoms with E-state index in [0.29, 0.717) is 35.2 Å². The second kappa shape index (κ2) is 11.2. The van der Waals surface area contributed by atoms with Crippen LogP contribution in [0.2, 0.25) is 0 Å². The molecule has 0 saturated heterocycles. The number of esters is 1.